The van der Waals surface area contributed by atoms with E-state index in [1.54, 1.807) is 7.11 Å². The quantitative estimate of drug-likeness (QED) is 0.929. The number of hydrogen-bond acceptors (Lipinski definition) is 3. The highest BCUT2D eigenvalue weighted by molar-refractivity contribution is 5.30. The van der Waals surface area contributed by atoms with E-state index in [4.69, 9.17) is 10.5 Å². The summed E-state index contributed by atoms with van der Waals surface area (Å²) in [7, 11) is 1.59. The van der Waals surface area contributed by atoms with E-state index in [0.717, 1.165) is 11.3 Å². The Labute approximate surface area is 122 Å². The number of hydrogen-bond donors (Lipinski definition) is 1. The van der Waals surface area contributed by atoms with Gasteiger partial charge in [0.05, 0.1) is 13.0 Å². The Morgan fingerprint density at radius 2 is 2.00 bits per heavy atom. The maximum atomic E-state index is 12.7. The number of ether oxygens (including phenoxy) is 1. The van der Waals surface area contributed by atoms with E-state index in [9.17, 15) is 13.2 Å². The number of likely N-dealkylation sites (tertiary alicyclic amines) is 1. The summed E-state index contributed by atoms with van der Waals surface area (Å²) < 4.78 is 43.3. The molecule has 0 aromatic heterocycles. The molecule has 3 nitrogen and oxygen atoms in total. The molecule has 2 rings (SSSR count). The molecular weight excluding hydrogens is 281 g/mol. The van der Waals surface area contributed by atoms with Gasteiger partial charge in [-0.2, -0.15) is 13.2 Å². The predicted molar refractivity (Wildman–Crippen MR) is 75.1 cm³/mol. The lowest BCUT2D eigenvalue weighted by molar-refractivity contribution is -0.186. The highest BCUT2D eigenvalue weighted by atomic mass is 19.4. The van der Waals surface area contributed by atoms with Crippen LogP contribution in [0.15, 0.2) is 24.3 Å². The summed E-state index contributed by atoms with van der Waals surface area (Å²) in [5.74, 6) is -0.450. The lowest BCUT2D eigenvalue weighted by Gasteiger charge is -2.37. The molecule has 0 radical (unpaired) electrons. The fourth-order valence-corrected chi connectivity index (χ4v) is 2.88. The van der Waals surface area contributed by atoms with E-state index in [1.807, 2.05) is 29.2 Å². The Bertz CT molecular complexity index is 456. The van der Waals surface area contributed by atoms with Crippen molar-refractivity contribution >= 4 is 0 Å². The van der Waals surface area contributed by atoms with Crippen molar-refractivity contribution in [3.05, 3.63) is 29.8 Å². The molecule has 6 heteroatoms. The smallest absolute Gasteiger partial charge is 0.391 e. The number of benzene rings is 1. The van der Waals surface area contributed by atoms with Crippen LogP contribution in [0.1, 0.15) is 24.4 Å². The third-order valence-corrected chi connectivity index (χ3v) is 4.14. The van der Waals surface area contributed by atoms with Crippen molar-refractivity contribution in [1.82, 2.24) is 4.90 Å². The molecular formula is C15H21F3N2O. The normalized spacial score (nSPS) is 19.5. The highest BCUT2D eigenvalue weighted by Crippen LogP contribution is 2.36. The molecule has 1 fully saturated rings. The summed E-state index contributed by atoms with van der Waals surface area (Å²) in [6, 6.07) is 7.49. The number of nitrogens with zero attached hydrogens (tertiary/aromatic N) is 1. The van der Waals surface area contributed by atoms with Gasteiger partial charge in [-0.3, -0.25) is 4.90 Å². The first-order valence-corrected chi connectivity index (χ1v) is 7.10. The zero-order valence-electron chi connectivity index (χ0n) is 12.1. The molecule has 1 aliphatic heterocycles. The minimum atomic E-state index is -4.08. The van der Waals surface area contributed by atoms with Crippen LogP contribution in [0, 0.1) is 5.92 Å². The van der Waals surface area contributed by atoms with Gasteiger partial charge >= 0.3 is 6.18 Å². The molecule has 1 heterocycles. The van der Waals surface area contributed by atoms with Crippen LogP contribution in [0.25, 0.3) is 0 Å². The second-order valence-electron chi connectivity index (χ2n) is 5.38. The van der Waals surface area contributed by atoms with Crippen molar-refractivity contribution < 1.29 is 17.9 Å². The van der Waals surface area contributed by atoms with Crippen molar-refractivity contribution in [2.24, 2.45) is 11.7 Å². The van der Waals surface area contributed by atoms with Crippen molar-refractivity contribution in [2.45, 2.75) is 25.1 Å². The molecule has 1 aliphatic rings. The Morgan fingerprint density at radius 3 is 2.52 bits per heavy atom. The van der Waals surface area contributed by atoms with Gasteiger partial charge in [-0.25, -0.2) is 0 Å². The fourth-order valence-electron chi connectivity index (χ4n) is 2.88. The van der Waals surface area contributed by atoms with Gasteiger partial charge in [-0.15, -0.1) is 0 Å². The molecule has 1 saturated heterocycles. The summed E-state index contributed by atoms with van der Waals surface area (Å²) in [4.78, 5) is 2.04. The first kappa shape index (κ1) is 16.1. The predicted octanol–water partition coefficient (Wildman–Crippen LogP) is 2.97. The zero-order chi connectivity index (χ0) is 15.5. The molecule has 0 amide bonds. The molecule has 1 aromatic rings. The molecule has 2 N–H and O–H groups in total. The van der Waals surface area contributed by atoms with Crippen LogP contribution in [0.2, 0.25) is 0 Å². The van der Waals surface area contributed by atoms with E-state index in [-0.39, 0.29) is 18.9 Å². The second kappa shape index (κ2) is 6.66. The van der Waals surface area contributed by atoms with E-state index in [1.165, 1.54) is 0 Å². The van der Waals surface area contributed by atoms with Crippen LogP contribution in [0.3, 0.4) is 0 Å². The van der Waals surface area contributed by atoms with Gasteiger partial charge < -0.3 is 10.5 Å². The Hall–Kier alpha value is -1.27. The number of rotatable bonds is 4. The van der Waals surface area contributed by atoms with E-state index in [0.29, 0.717) is 19.6 Å². The van der Waals surface area contributed by atoms with Crippen LogP contribution in [0.4, 0.5) is 13.2 Å². The van der Waals surface area contributed by atoms with E-state index < -0.39 is 12.1 Å². The first-order chi connectivity index (χ1) is 9.95. The van der Waals surface area contributed by atoms with Gasteiger partial charge in [0.25, 0.3) is 0 Å². The largest absolute Gasteiger partial charge is 0.497 e. The average molecular weight is 302 g/mol. The van der Waals surface area contributed by atoms with Crippen molar-refractivity contribution in [3.63, 3.8) is 0 Å². The summed E-state index contributed by atoms with van der Waals surface area (Å²) in [5.41, 5.74) is 6.83. The molecule has 118 valence electrons. The van der Waals surface area contributed by atoms with Gasteiger partial charge in [-0.05, 0) is 43.6 Å². The third kappa shape index (κ3) is 3.89. The maximum Gasteiger partial charge on any atom is 0.391 e. The molecule has 0 saturated carbocycles. The first-order valence-electron chi connectivity index (χ1n) is 7.10. The standard InChI is InChI=1S/C15H21F3N2O/c1-21-13-4-2-3-11(9-13)14(10-19)20-7-5-12(6-8-20)15(16,17)18/h2-4,9,12,14H,5-8,10,19H2,1H3. The molecule has 1 unspecified atom stereocenters. The van der Waals surface area contributed by atoms with Gasteiger partial charge in [0.1, 0.15) is 5.75 Å². The van der Waals surface area contributed by atoms with Crippen molar-refractivity contribution in [3.8, 4) is 5.75 Å². The number of alkyl halides is 3. The monoisotopic (exact) mass is 302 g/mol. The lowest BCUT2D eigenvalue weighted by Crippen LogP contribution is -2.42. The Morgan fingerprint density at radius 1 is 1.33 bits per heavy atom. The van der Waals surface area contributed by atoms with Crippen LogP contribution in [-0.4, -0.2) is 37.8 Å². The maximum absolute atomic E-state index is 12.7. The van der Waals surface area contributed by atoms with E-state index in [2.05, 4.69) is 0 Å². The van der Waals surface area contributed by atoms with Gasteiger partial charge in [0, 0.05) is 12.6 Å². The third-order valence-electron chi connectivity index (χ3n) is 4.14. The van der Waals surface area contributed by atoms with Crippen molar-refractivity contribution in [1.29, 1.82) is 0 Å². The SMILES string of the molecule is COc1cccc(C(CN)N2CCC(C(F)(F)F)CC2)c1. The number of piperidine rings is 1. The minimum absolute atomic E-state index is 0.0608. The summed E-state index contributed by atoms with van der Waals surface area (Å²) in [6.07, 6.45) is -3.80. The Balaban J connectivity index is 2.06. The van der Waals surface area contributed by atoms with Crippen LogP contribution < -0.4 is 10.5 Å². The highest BCUT2D eigenvalue weighted by Gasteiger charge is 2.41. The number of methoxy groups -OCH3 is 1. The van der Waals surface area contributed by atoms with E-state index >= 15 is 0 Å². The van der Waals surface area contributed by atoms with Gasteiger partial charge in [-0.1, -0.05) is 12.1 Å². The molecule has 21 heavy (non-hydrogen) atoms. The van der Waals surface area contributed by atoms with Crippen LogP contribution in [-0.2, 0) is 0 Å². The Kier molecular flexibility index (Phi) is 5.11. The molecule has 0 bridgehead atoms. The second-order valence-corrected chi connectivity index (χ2v) is 5.38. The molecule has 1 atom stereocenters. The molecule has 0 aliphatic carbocycles. The van der Waals surface area contributed by atoms with Crippen LogP contribution >= 0.6 is 0 Å². The lowest BCUT2D eigenvalue weighted by atomic mass is 9.93. The van der Waals surface area contributed by atoms with Gasteiger partial charge in [0.2, 0.25) is 0 Å². The summed E-state index contributed by atoms with van der Waals surface area (Å²) in [5, 5.41) is 0. The fraction of sp³-hybridized carbons (Fsp3) is 0.600. The topological polar surface area (TPSA) is 38.5 Å². The van der Waals surface area contributed by atoms with Crippen LogP contribution in [0.5, 0.6) is 5.75 Å². The minimum Gasteiger partial charge on any atom is -0.497 e. The molecule has 0 spiro atoms. The summed E-state index contributed by atoms with van der Waals surface area (Å²) >= 11 is 0. The van der Waals surface area contributed by atoms with Crippen molar-refractivity contribution in [2.75, 3.05) is 26.7 Å². The number of halogens is 3. The number of nitrogens with two attached hydrogens (primary N) is 1. The van der Waals surface area contributed by atoms with Gasteiger partial charge in [0.15, 0.2) is 0 Å². The summed E-state index contributed by atoms with van der Waals surface area (Å²) in [6.45, 7) is 1.22. The average Bonchev–Trinajstić information content (AvgIpc) is 2.48. The zero-order valence-corrected chi connectivity index (χ0v) is 12.1. The molecule has 1 aromatic carbocycles.